The second-order valence-corrected chi connectivity index (χ2v) is 4.64. The number of halogens is 1. The normalized spacial score (nSPS) is 10.9. The minimum Gasteiger partial charge on any atom is -0.438 e. The molecule has 5 nitrogen and oxygen atoms in total. The van der Waals surface area contributed by atoms with Crippen LogP contribution < -0.4 is 4.74 Å². The molecule has 1 aromatic carbocycles. The standard InChI is InChI=1S/C13H11ClN4O/c1-7-3-4-10(8(2)5-7)19-12-9-6-15-18-11(9)16-13(14)17-12/h3-6H,1-2H3,(H,15,16,17,18). The van der Waals surface area contributed by atoms with E-state index < -0.39 is 0 Å². The van der Waals surface area contributed by atoms with Crippen molar-refractivity contribution in [1.82, 2.24) is 20.2 Å². The summed E-state index contributed by atoms with van der Waals surface area (Å²) in [4.78, 5) is 8.14. The number of fused-ring (bicyclic) bond motifs is 1. The van der Waals surface area contributed by atoms with E-state index in [9.17, 15) is 0 Å². The summed E-state index contributed by atoms with van der Waals surface area (Å²) in [5.41, 5.74) is 2.77. The molecule has 0 unspecified atom stereocenters. The van der Waals surface area contributed by atoms with Crippen LogP contribution >= 0.6 is 11.6 Å². The summed E-state index contributed by atoms with van der Waals surface area (Å²) >= 11 is 5.86. The summed E-state index contributed by atoms with van der Waals surface area (Å²) in [6.45, 7) is 4.02. The number of H-pyrrole nitrogens is 1. The Kier molecular flexibility index (Phi) is 2.83. The molecule has 0 fully saturated rings. The van der Waals surface area contributed by atoms with E-state index in [1.165, 1.54) is 5.56 Å². The van der Waals surface area contributed by atoms with Gasteiger partial charge in [-0.25, -0.2) is 0 Å². The average Bonchev–Trinajstić information content (AvgIpc) is 2.80. The molecule has 0 atom stereocenters. The Hall–Kier alpha value is -2.14. The van der Waals surface area contributed by atoms with Crippen molar-refractivity contribution in [3.63, 3.8) is 0 Å². The molecule has 0 aliphatic rings. The van der Waals surface area contributed by atoms with Crippen molar-refractivity contribution < 1.29 is 4.74 Å². The highest BCUT2D eigenvalue weighted by molar-refractivity contribution is 6.28. The summed E-state index contributed by atoms with van der Waals surface area (Å²) in [5.74, 6) is 1.14. The fraction of sp³-hybridized carbons (Fsp3) is 0.154. The minimum absolute atomic E-state index is 0.122. The first kappa shape index (κ1) is 11.9. The molecule has 0 saturated carbocycles. The van der Waals surface area contributed by atoms with Crippen molar-refractivity contribution in [2.75, 3.05) is 0 Å². The molecule has 0 radical (unpaired) electrons. The molecule has 1 N–H and O–H groups in total. The lowest BCUT2D eigenvalue weighted by molar-refractivity contribution is 0.464. The third-order valence-electron chi connectivity index (χ3n) is 2.78. The highest BCUT2D eigenvalue weighted by atomic mass is 35.5. The highest BCUT2D eigenvalue weighted by Gasteiger charge is 2.11. The minimum atomic E-state index is 0.122. The van der Waals surface area contributed by atoms with Gasteiger partial charge < -0.3 is 4.74 Å². The number of nitrogens with zero attached hydrogens (tertiary/aromatic N) is 3. The van der Waals surface area contributed by atoms with E-state index in [4.69, 9.17) is 16.3 Å². The Labute approximate surface area is 114 Å². The van der Waals surface area contributed by atoms with Gasteiger partial charge in [-0.1, -0.05) is 17.7 Å². The van der Waals surface area contributed by atoms with E-state index in [0.29, 0.717) is 16.9 Å². The second kappa shape index (κ2) is 4.51. The number of aromatic amines is 1. The van der Waals surface area contributed by atoms with Gasteiger partial charge in [0, 0.05) is 0 Å². The lowest BCUT2D eigenvalue weighted by atomic mass is 10.1. The Balaban J connectivity index is 2.07. The fourth-order valence-electron chi connectivity index (χ4n) is 1.88. The van der Waals surface area contributed by atoms with E-state index in [0.717, 1.165) is 11.3 Å². The molecular formula is C13H11ClN4O. The monoisotopic (exact) mass is 274 g/mol. The maximum atomic E-state index is 5.86. The molecule has 19 heavy (non-hydrogen) atoms. The van der Waals surface area contributed by atoms with Crippen LogP contribution in [0, 0.1) is 13.8 Å². The van der Waals surface area contributed by atoms with Gasteiger partial charge in [0.1, 0.15) is 11.1 Å². The number of aromatic nitrogens is 4. The van der Waals surface area contributed by atoms with Gasteiger partial charge in [0.05, 0.1) is 6.20 Å². The van der Waals surface area contributed by atoms with Crippen molar-refractivity contribution in [1.29, 1.82) is 0 Å². The van der Waals surface area contributed by atoms with Gasteiger partial charge in [0.25, 0.3) is 0 Å². The number of ether oxygens (including phenoxy) is 1. The molecule has 0 bridgehead atoms. The molecule has 0 amide bonds. The predicted octanol–water partition coefficient (Wildman–Crippen LogP) is 3.42. The van der Waals surface area contributed by atoms with Crippen LogP contribution in [0.5, 0.6) is 11.6 Å². The second-order valence-electron chi connectivity index (χ2n) is 4.30. The molecule has 96 valence electrons. The van der Waals surface area contributed by atoms with Crippen molar-refractivity contribution in [2.24, 2.45) is 0 Å². The highest BCUT2D eigenvalue weighted by Crippen LogP contribution is 2.29. The third-order valence-corrected chi connectivity index (χ3v) is 2.95. The Bertz CT molecular complexity index is 753. The molecule has 2 aromatic heterocycles. The van der Waals surface area contributed by atoms with Crippen molar-refractivity contribution >= 4 is 22.6 Å². The first-order valence-electron chi connectivity index (χ1n) is 5.75. The number of rotatable bonds is 2. The molecule has 3 rings (SSSR count). The largest absolute Gasteiger partial charge is 0.438 e. The first-order chi connectivity index (χ1) is 9.13. The smallest absolute Gasteiger partial charge is 0.234 e. The van der Waals surface area contributed by atoms with E-state index in [1.807, 2.05) is 32.0 Å². The van der Waals surface area contributed by atoms with Crippen LogP contribution in [-0.4, -0.2) is 20.2 Å². The Morgan fingerprint density at radius 3 is 2.84 bits per heavy atom. The molecular weight excluding hydrogens is 264 g/mol. The molecule has 0 aliphatic carbocycles. The molecule has 2 heterocycles. The number of hydrogen-bond donors (Lipinski definition) is 1. The van der Waals surface area contributed by atoms with E-state index in [-0.39, 0.29) is 5.28 Å². The molecule has 6 heteroatoms. The zero-order valence-corrected chi connectivity index (χ0v) is 11.2. The van der Waals surface area contributed by atoms with E-state index in [1.54, 1.807) is 6.20 Å². The van der Waals surface area contributed by atoms with Crippen LogP contribution in [-0.2, 0) is 0 Å². The zero-order valence-electron chi connectivity index (χ0n) is 10.4. The summed E-state index contributed by atoms with van der Waals surface area (Å²) in [6.07, 6.45) is 1.62. The summed E-state index contributed by atoms with van der Waals surface area (Å²) < 4.78 is 5.82. The Morgan fingerprint density at radius 2 is 2.05 bits per heavy atom. The SMILES string of the molecule is Cc1ccc(Oc2nc(Cl)nc3[nH]ncc23)c(C)c1. The van der Waals surface area contributed by atoms with Gasteiger partial charge in [-0.2, -0.15) is 15.1 Å². The topological polar surface area (TPSA) is 63.7 Å². The van der Waals surface area contributed by atoms with Crippen LogP contribution in [0.2, 0.25) is 5.28 Å². The quantitative estimate of drug-likeness (QED) is 0.727. The maximum Gasteiger partial charge on any atom is 0.234 e. The van der Waals surface area contributed by atoms with Crippen molar-refractivity contribution in [3.8, 4) is 11.6 Å². The number of nitrogens with one attached hydrogen (secondary N) is 1. The predicted molar refractivity (Wildman–Crippen MR) is 72.7 cm³/mol. The van der Waals surface area contributed by atoms with Crippen LogP contribution in [0.15, 0.2) is 24.4 Å². The average molecular weight is 275 g/mol. The zero-order chi connectivity index (χ0) is 13.4. The summed E-state index contributed by atoms with van der Waals surface area (Å²) in [7, 11) is 0. The van der Waals surface area contributed by atoms with E-state index >= 15 is 0 Å². The van der Waals surface area contributed by atoms with Crippen LogP contribution in [0.4, 0.5) is 0 Å². The fourth-order valence-corrected chi connectivity index (χ4v) is 2.04. The molecule has 3 aromatic rings. The number of benzene rings is 1. The van der Waals surface area contributed by atoms with E-state index in [2.05, 4.69) is 20.2 Å². The van der Waals surface area contributed by atoms with Crippen molar-refractivity contribution in [2.45, 2.75) is 13.8 Å². The molecule has 0 spiro atoms. The third kappa shape index (κ3) is 2.24. The Morgan fingerprint density at radius 1 is 1.21 bits per heavy atom. The van der Waals surface area contributed by atoms with Crippen LogP contribution in [0.25, 0.3) is 11.0 Å². The van der Waals surface area contributed by atoms with Crippen LogP contribution in [0.1, 0.15) is 11.1 Å². The van der Waals surface area contributed by atoms with Gasteiger partial charge in [-0.05, 0) is 37.1 Å². The lowest BCUT2D eigenvalue weighted by Crippen LogP contribution is -1.94. The van der Waals surface area contributed by atoms with Gasteiger partial charge in [0.15, 0.2) is 5.65 Å². The lowest BCUT2D eigenvalue weighted by Gasteiger charge is -2.09. The van der Waals surface area contributed by atoms with Gasteiger partial charge >= 0.3 is 0 Å². The number of hydrogen-bond acceptors (Lipinski definition) is 4. The summed E-state index contributed by atoms with van der Waals surface area (Å²) in [5, 5.41) is 7.48. The number of aryl methyl sites for hydroxylation is 2. The van der Waals surface area contributed by atoms with Gasteiger partial charge in [0.2, 0.25) is 11.2 Å². The maximum absolute atomic E-state index is 5.86. The van der Waals surface area contributed by atoms with Gasteiger partial charge in [-0.15, -0.1) is 0 Å². The van der Waals surface area contributed by atoms with Crippen molar-refractivity contribution in [3.05, 3.63) is 40.8 Å². The summed E-state index contributed by atoms with van der Waals surface area (Å²) in [6, 6.07) is 5.94. The molecule has 0 saturated heterocycles. The molecule has 0 aliphatic heterocycles. The first-order valence-corrected chi connectivity index (χ1v) is 6.13. The van der Waals surface area contributed by atoms with Crippen LogP contribution in [0.3, 0.4) is 0 Å². The van der Waals surface area contributed by atoms with Gasteiger partial charge in [-0.3, -0.25) is 5.10 Å².